The third kappa shape index (κ3) is 3.19. The lowest BCUT2D eigenvalue weighted by molar-refractivity contribution is -0.116. The quantitative estimate of drug-likeness (QED) is 0.589. The maximum atomic E-state index is 12.3. The molecule has 1 N–H and O–H groups in total. The van der Waals surface area contributed by atoms with Crippen LogP contribution < -0.4 is 5.32 Å². The Morgan fingerprint density at radius 3 is 2.78 bits per heavy atom. The van der Waals surface area contributed by atoms with E-state index in [-0.39, 0.29) is 12.5 Å². The van der Waals surface area contributed by atoms with Crippen molar-refractivity contribution in [1.82, 2.24) is 19.5 Å². The first kappa shape index (κ1) is 15.5. The summed E-state index contributed by atoms with van der Waals surface area (Å²) < 4.78 is 1.73. The second-order valence-electron chi connectivity index (χ2n) is 5.27. The van der Waals surface area contributed by atoms with E-state index in [1.807, 2.05) is 38.3 Å². The molecule has 0 spiro atoms. The summed E-state index contributed by atoms with van der Waals surface area (Å²) in [6.45, 7) is 4.23. The molecule has 2 aromatic heterocycles. The summed E-state index contributed by atoms with van der Waals surface area (Å²) in [4.78, 5) is 25.0. The van der Waals surface area contributed by atoms with Gasteiger partial charge in [-0.2, -0.15) is 0 Å². The molecule has 118 valence electrons. The average Bonchev–Trinajstić information content (AvgIpc) is 2.94. The Balaban J connectivity index is 1.79. The van der Waals surface area contributed by atoms with E-state index >= 15 is 0 Å². The van der Waals surface area contributed by atoms with Crippen molar-refractivity contribution in [2.75, 3.05) is 11.6 Å². The standard InChI is InChI=1S/C16H17N5OS/c1-10-4-5-12(6-11(10)2)20-13(22)7-21-9-19-14-15(21)17-8-18-16(14)23-3/h4-6,8-9H,7H2,1-3H3,(H,20,22). The Morgan fingerprint density at radius 1 is 1.22 bits per heavy atom. The summed E-state index contributed by atoms with van der Waals surface area (Å²) in [5.74, 6) is -0.114. The number of aryl methyl sites for hydroxylation is 2. The molecule has 0 aliphatic rings. The van der Waals surface area contributed by atoms with E-state index in [1.165, 1.54) is 23.7 Å². The zero-order valence-corrected chi connectivity index (χ0v) is 14.0. The Morgan fingerprint density at radius 2 is 2.04 bits per heavy atom. The van der Waals surface area contributed by atoms with Crippen molar-refractivity contribution in [3.05, 3.63) is 42.0 Å². The number of carbonyl (C=O) groups is 1. The second kappa shape index (κ2) is 6.37. The number of rotatable bonds is 4. The van der Waals surface area contributed by atoms with Crippen LogP contribution in [0.1, 0.15) is 11.1 Å². The van der Waals surface area contributed by atoms with Gasteiger partial charge in [0.05, 0.1) is 6.33 Å². The van der Waals surface area contributed by atoms with Crippen LogP contribution in [0.5, 0.6) is 0 Å². The average molecular weight is 327 g/mol. The van der Waals surface area contributed by atoms with Gasteiger partial charge < -0.3 is 9.88 Å². The summed E-state index contributed by atoms with van der Waals surface area (Å²) in [5.41, 5.74) is 4.53. The van der Waals surface area contributed by atoms with Gasteiger partial charge in [-0.05, 0) is 43.4 Å². The molecular formula is C16H17N5OS. The fourth-order valence-corrected chi connectivity index (χ4v) is 2.79. The SMILES string of the molecule is CSc1ncnc2c1ncn2CC(=O)Nc1ccc(C)c(C)c1. The number of anilines is 1. The lowest BCUT2D eigenvalue weighted by Gasteiger charge is -2.08. The van der Waals surface area contributed by atoms with E-state index < -0.39 is 0 Å². The summed E-state index contributed by atoms with van der Waals surface area (Å²) in [7, 11) is 0. The van der Waals surface area contributed by atoms with Crippen LogP contribution in [0.4, 0.5) is 5.69 Å². The van der Waals surface area contributed by atoms with Gasteiger partial charge in [-0.3, -0.25) is 4.79 Å². The van der Waals surface area contributed by atoms with E-state index in [1.54, 1.807) is 10.9 Å². The smallest absolute Gasteiger partial charge is 0.244 e. The van der Waals surface area contributed by atoms with Gasteiger partial charge in [0.2, 0.25) is 5.91 Å². The van der Waals surface area contributed by atoms with Crippen LogP contribution in [-0.4, -0.2) is 31.7 Å². The van der Waals surface area contributed by atoms with Gasteiger partial charge in [0.15, 0.2) is 5.65 Å². The van der Waals surface area contributed by atoms with Gasteiger partial charge in [0.1, 0.15) is 23.4 Å². The zero-order chi connectivity index (χ0) is 16.4. The van der Waals surface area contributed by atoms with E-state index in [0.29, 0.717) is 5.65 Å². The number of amides is 1. The normalized spacial score (nSPS) is 10.9. The zero-order valence-electron chi connectivity index (χ0n) is 13.2. The Hall–Kier alpha value is -2.41. The number of imidazole rings is 1. The van der Waals surface area contributed by atoms with E-state index in [9.17, 15) is 4.79 Å². The number of hydrogen-bond donors (Lipinski definition) is 1. The van der Waals surface area contributed by atoms with Crippen molar-refractivity contribution in [3.8, 4) is 0 Å². The van der Waals surface area contributed by atoms with Crippen molar-refractivity contribution in [1.29, 1.82) is 0 Å². The van der Waals surface area contributed by atoms with Crippen LogP contribution >= 0.6 is 11.8 Å². The number of fused-ring (bicyclic) bond motifs is 1. The Bertz CT molecular complexity index is 874. The number of hydrogen-bond acceptors (Lipinski definition) is 5. The van der Waals surface area contributed by atoms with Crippen LogP contribution in [0.2, 0.25) is 0 Å². The molecule has 1 aromatic carbocycles. The van der Waals surface area contributed by atoms with Gasteiger partial charge in [-0.1, -0.05) is 6.07 Å². The molecule has 3 rings (SSSR count). The molecule has 3 aromatic rings. The minimum atomic E-state index is -0.114. The molecule has 7 heteroatoms. The summed E-state index contributed by atoms with van der Waals surface area (Å²) >= 11 is 1.51. The van der Waals surface area contributed by atoms with Crippen molar-refractivity contribution < 1.29 is 4.79 Å². The van der Waals surface area contributed by atoms with Crippen molar-refractivity contribution in [3.63, 3.8) is 0 Å². The van der Waals surface area contributed by atoms with Crippen LogP contribution in [0.3, 0.4) is 0 Å². The van der Waals surface area contributed by atoms with Gasteiger partial charge in [-0.25, -0.2) is 15.0 Å². The molecular weight excluding hydrogens is 310 g/mol. The molecule has 0 bridgehead atoms. The molecule has 1 amide bonds. The molecule has 0 unspecified atom stereocenters. The van der Waals surface area contributed by atoms with Crippen molar-refractivity contribution in [2.45, 2.75) is 25.4 Å². The fourth-order valence-electron chi connectivity index (χ4n) is 2.30. The molecule has 0 saturated carbocycles. The highest BCUT2D eigenvalue weighted by Crippen LogP contribution is 2.21. The van der Waals surface area contributed by atoms with Crippen LogP contribution in [0.15, 0.2) is 35.9 Å². The van der Waals surface area contributed by atoms with Gasteiger partial charge in [-0.15, -0.1) is 11.8 Å². The highest BCUT2D eigenvalue weighted by atomic mass is 32.2. The minimum absolute atomic E-state index is 0.114. The number of nitrogens with zero attached hydrogens (tertiary/aromatic N) is 4. The third-order valence-electron chi connectivity index (χ3n) is 3.67. The van der Waals surface area contributed by atoms with Crippen LogP contribution in [-0.2, 0) is 11.3 Å². The minimum Gasteiger partial charge on any atom is -0.325 e. The van der Waals surface area contributed by atoms with Gasteiger partial charge in [0, 0.05) is 5.69 Å². The molecule has 23 heavy (non-hydrogen) atoms. The van der Waals surface area contributed by atoms with E-state index in [0.717, 1.165) is 21.8 Å². The molecule has 0 atom stereocenters. The summed E-state index contributed by atoms with van der Waals surface area (Å²) in [6.07, 6.45) is 5.06. The predicted octanol–water partition coefficient (Wildman–Crippen LogP) is 2.80. The first-order valence-electron chi connectivity index (χ1n) is 7.15. The first-order valence-corrected chi connectivity index (χ1v) is 8.38. The molecule has 0 aliphatic heterocycles. The van der Waals surface area contributed by atoms with Gasteiger partial charge >= 0.3 is 0 Å². The van der Waals surface area contributed by atoms with E-state index in [2.05, 4.69) is 20.3 Å². The van der Waals surface area contributed by atoms with Crippen molar-refractivity contribution >= 4 is 34.5 Å². The fraction of sp³-hybridized carbons (Fsp3) is 0.250. The van der Waals surface area contributed by atoms with E-state index in [4.69, 9.17) is 0 Å². The first-order chi connectivity index (χ1) is 11.1. The van der Waals surface area contributed by atoms with Gasteiger partial charge in [0.25, 0.3) is 0 Å². The largest absolute Gasteiger partial charge is 0.325 e. The number of thioether (sulfide) groups is 1. The molecule has 0 radical (unpaired) electrons. The summed E-state index contributed by atoms with van der Waals surface area (Å²) in [6, 6.07) is 5.86. The molecule has 0 aliphatic carbocycles. The maximum Gasteiger partial charge on any atom is 0.244 e. The van der Waals surface area contributed by atoms with Crippen LogP contribution in [0, 0.1) is 13.8 Å². The molecule has 0 saturated heterocycles. The lowest BCUT2D eigenvalue weighted by atomic mass is 10.1. The topological polar surface area (TPSA) is 72.7 Å². The number of aromatic nitrogens is 4. The molecule has 6 nitrogen and oxygen atoms in total. The Labute approximate surface area is 138 Å². The third-order valence-corrected chi connectivity index (χ3v) is 4.35. The highest BCUT2D eigenvalue weighted by molar-refractivity contribution is 7.98. The number of nitrogens with one attached hydrogen (secondary N) is 1. The maximum absolute atomic E-state index is 12.3. The molecule has 0 fully saturated rings. The monoisotopic (exact) mass is 327 g/mol. The number of benzene rings is 1. The van der Waals surface area contributed by atoms with Crippen LogP contribution in [0.25, 0.3) is 11.2 Å². The predicted molar refractivity (Wildman–Crippen MR) is 91.6 cm³/mol. The molecule has 2 heterocycles. The summed E-state index contributed by atoms with van der Waals surface area (Å²) in [5, 5.41) is 3.71. The second-order valence-corrected chi connectivity index (χ2v) is 6.07. The number of carbonyl (C=O) groups excluding carboxylic acids is 1. The highest BCUT2D eigenvalue weighted by Gasteiger charge is 2.12. The Kier molecular flexibility index (Phi) is 4.29. The van der Waals surface area contributed by atoms with Crippen molar-refractivity contribution in [2.24, 2.45) is 0 Å². The lowest BCUT2D eigenvalue weighted by Crippen LogP contribution is -2.18.